The van der Waals surface area contributed by atoms with Crippen molar-refractivity contribution in [3.05, 3.63) is 18.5 Å². The average molecular weight is 218 g/mol. The first-order valence-corrected chi connectivity index (χ1v) is 5.71. The van der Waals surface area contributed by atoms with Gasteiger partial charge in [0, 0.05) is 6.92 Å². The van der Waals surface area contributed by atoms with Crippen molar-refractivity contribution in [3.8, 4) is 0 Å². The van der Waals surface area contributed by atoms with E-state index in [1.54, 1.807) is 24.1 Å². The Morgan fingerprint density at radius 3 is 2.50 bits per heavy atom. The highest BCUT2D eigenvalue weighted by Crippen LogP contribution is 1.87. The molecule has 0 aliphatic carbocycles. The maximum atomic E-state index is 10.4. The molecule has 0 atom stereocenters. The summed E-state index contributed by atoms with van der Waals surface area (Å²) in [5.41, 5.74) is 0. The Hall–Kier alpha value is -1.08. The Labute approximate surface area is 82.4 Å². The van der Waals surface area contributed by atoms with Gasteiger partial charge in [0.15, 0.2) is 0 Å². The maximum absolute atomic E-state index is 10.4. The van der Waals surface area contributed by atoms with Crippen molar-refractivity contribution in [2.45, 2.75) is 19.9 Å². The summed E-state index contributed by atoms with van der Waals surface area (Å²) in [6.45, 7) is 2.24. The first-order valence-electron chi connectivity index (χ1n) is 4.10. The molecule has 1 heterocycles. The summed E-state index contributed by atoms with van der Waals surface area (Å²) in [5.74, 6) is 0.421. The molecule has 1 aromatic rings. The van der Waals surface area contributed by atoms with Gasteiger partial charge in [-0.1, -0.05) is 9.97 Å². The molecule has 0 amide bonds. The van der Waals surface area contributed by atoms with Crippen LogP contribution in [-0.4, -0.2) is 28.7 Å². The van der Waals surface area contributed by atoms with E-state index in [0.717, 1.165) is 0 Å². The van der Waals surface area contributed by atoms with E-state index in [-0.39, 0.29) is 5.75 Å². The van der Waals surface area contributed by atoms with Gasteiger partial charge in [0.2, 0.25) is 12.7 Å². The van der Waals surface area contributed by atoms with Crippen molar-refractivity contribution in [2.75, 3.05) is 5.75 Å². The van der Waals surface area contributed by atoms with E-state index in [0.29, 0.717) is 18.8 Å². The van der Waals surface area contributed by atoms with Crippen molar-refractivity contribution in [3.63, 3.8) is 0 Å². The van der Waals surface area contributed by atoms with Crippen molar-refractivity contribution in [2.24, 2.45) is 0 Å². The molecule has 0 saturated heterocycles. The molecule has 78 valence electrons. The predicted molar refractivity (Wildman–Crippen MR) is 48.0 cm³/mol. The van der Waals surface area contributed by atoms with Gasteiger partial charge < -0.3 is 0 Å². The highest BCUT2D eigenvalue weighted by Gasteiger charge is 2.05. The van der Waals surface area contributed by atoms with E-state index in [1.165, 1.54) is 0 Å². The summed E-state index contributed by atoms with van der Waals surface area (Å²) in [7, 11) is -3.86. The Bertz CT molecular complexity index is 387. The van der Waals surface area contributed by atoms with Crippen LogP contribution in [-0.2, 0) is 16.7 Å². The fourth-order valence-corrected chi connectivity index (χ4v) is 1.42. The molecule has 0 aliphatic rings. The predicted octanol–water partition coefficient (Wildman–Crippen LogP) is -0.650. The van der Waals surface area contributed by atoms with E-state index in [2.05, 4.69) is 9.97 Å². The summed E-state index contributed by atoms with van der Waals surface area (Å²) in [5, 5.41) is 0. The lowest BCUT2D eigenvalue weighted by Crippen LogP contribution is -2.35. The lowest BCUT2D eigenvalue weighted by atomic mass is 10.5. The fraction of sp³-hybridized carbons (Fsp3) is 0.571. The van der Waals surface area contributed by atoms with Crippen LogP contribution in [0.1, 0.15) is 12.2 Å². The highest BCUT2D eigenvalue weighted by atomic mass is 32.2. The van der Waals surface area contributed by atoms with E-state index in [4.69, 9.17) is 4.55 Å². The van der Waals surface area contributed by atoms with Gasteiger partial charge in [-0.2, -0.15) is 8.42 Å². The van der Waals surface area contributed by atoms with E-state index in [9.17, 15) is 8.42 Å². The molecule has 0 unspecified atom stereocenters. The minimum absolute atomic E-state index is 0.242. The normalized spacial score (nSPS) is 11.6. The molecule has 0 spiro atoms. The first kappa shape index (κ1) is 11.0. The Morgan fingerprint density at radius 2 is 2.00 bits per heavy atom. The molecule has 1 rings (SSSR count). The zero-order chi connectivity index (χ0) is 10.6. The van der Waals surface area contributed by atoms with Gasteiger partial charge in [-0.3, -0.25) is 4.55 Å². The molecule has 0 fully saturated rings. The van der Waals surface area contributed by atoms with E-state index in [1.807, 2.05) is 0 Å². The molecular formula is C7H12N3O3S+. The lowest BCUT2D eigenvalue weighted by Gasteiger charge is -1.97. The number of hydrogen-bond donors (Lipinski definition) is 1. The third-order valence-electron chi connectivity index (χ3n) is 1.60. The number of aryl methyl sites for hydroxylation is 2. The smallest absolute Gasteiger partial charge is 0.273 e. The summed E-state index contributed by atoms with van der Waals surface area (Å²) in [4.78, 5) is 7.87. The van der Waals surface area contributed by atoms with Crippen LogP contribution in [0.3, 0.4) is 0 Å². The maximum Gasteiger partial charge on any atom is 0.273 e. The zero-order valence-corrected chi connectivity index (χ0v) is 8.61. The van der Waals surface area contributed by atoms with Gasteiger partial charge in [0.05, 0.1) is 12.3 Å². The third kappa shape index (κ3) is 4.24. The summed E-state index contributed by atoms with van der Waals surface area (Å²) >= 11 is 0. The standard InChI is InChI=1S/C7H11N3O3S/c1-7-8-5-10(6-9-7)3-2-4-14(11,12)13/h5-6H,2-4H2,1H3/p+1. The topological polar surface area (TPSA) is 84.0 Å². The molecular weight excluding hydrogens is 206 g/mol. The Balaban J connectivity index is 2.43. The van der Waals surface area contributed by atoms with Crippen LogP contribution >= 0.6 is 0 Å². The molecule has 0 aromatic carbocycles. The van der Waals surface area contributed by atoms with E-state index < -0.39 is 10.1 Å². The summed E-state index contributed by atoms with van der Waals surface area (Å²) in [6.07, 6.45) is 3.49. The van der Waals surface area contributed by atoms with Crippen LogP contribution in [0.25, 0.3) is 0 Å². The molecule has 0 saturated carbocycles. The highest BCUT2D eigenvalue weighted by molar-refractivity contribution is 7.85. The lowest BCUT2D eigenvalue weighted by molar-refractivity contribution is -0.702. The van der Waals surface area contributed by atoms with Crippen molar-refractivity contribution < 1.29 is 17.5 Å². The van der Waals surface area contributed by atoms with Crippen LogP contribution < -0.4 is 4.57 Å². The second-order valence-corrected chi connectivity index (χ2v) is 4.49. The van der Waals surface area contributed by atoms with Gasteiger partial charge in [-0.05, 0) is 6.42 Å². The number of nitrogens with zero attached hydrogens (tertiary/aromatic N) is 3. The van der Waals surface area contributed by atoms with Crippen molar-refractivity contribution in [1.82, 2.24) is 9.97 Å². The molecule has 7 heteroatoms. The minimum atomic E-state index is -3.86. The van der Waals surface area contributed by atoms with Crippen LogP contribution in [0.4, 0.5) is 0 Å². The summed E-state index contributed by atoms with van der Waals surface area (Å²) < 4.78 is 30.9. The largest absolute Gasteiger partial charge is 0.286 e. The van der Waals surface area contributed by atoms with Gasteiger partial charge in [-0.15, -0.1) is 0 Å². The summed E-state index contributed by atoms with van der Waals surface area (Å²) in [6, 6.07) is 0. The average Bonchev–Trinajstić information content (AvgIpc) is 2.06. The molecule has 0 bridgehead atoms. The molecule has 0 radical (unpaired) electrons. The van der Waals surface area contributed by atoms with Crippen LogP contribution in [0.15, 0.2) is 12.7 Å². The monoisotopic (exact) mass is 218 g/mol. The molecule has 14 heavy (non-hydrogen) atoms. The number of aromatic nitrogens is 3. The molecule has 1 aromatic heterocycles. The second-order valence-electron chi connectivity index (χ2n) is 2.91. The third-order valence-corrected chi connectivity index (χ3v) is 2.41. The Kier molecular flexibility index (Phi) is 3.48. The van der Waals surface area contributed by atoms with Gasteiger partial charge >= 0.3 is 0 Å². The Morgan fingerprint density at radius 1 is 1.43 bits per heavy atom. The molecule has 1 N–H and O–H groups in total. The molecule has 0 aliphatic heterocycles. The van der Waals surface area contributed by atoms with Crippen LogP contribution in [0, 0.1) is 6.92 Å². The van der Waals surface area contributed by atoms with E-state index >= 15 is 0 Å². The van der Waals surface area contributed by atoms with Gasteiger partial charge in [0.25, 0.3) is 15.9 Å². The van der Waals surface area contributed by atoms with Crippen LogP contribution in [0.2, 0.25) is 0 Å². The van der Waals surface area contributed by atoms with Gasteiger partial charge in [-0.25, -0.2) is 4.57 Å². The second kappa shape index (κ2) is 4.43. The number of rotatable bonds is 4. The van der Waals surface area contributed by atoms with Gasteiger partial charge in [0.1, 0.15) is 0 Å². The fourth-order valence-electron chi connectivity index (χ4n) is 0.924. The minimum Gasteiger partial charge on any atom is -0.286 e. The quantitative estimate of drug-likeness (QED) is 0.536. The van der Waals surface area contributed by atoms with Crippen molar-refractivity contribution in [1.29, 1.82) is 0 Å². The zero-order valence-electron chi connectivity index (χ0n) is 7.79. The van der Waals surface area contributed by atoms with Crippen molar-refractivity contribution >= 4 is 10.1 Å². The molecule has 6 nitrogen and oxygen atoms in total. The SMILES string of the molecule is Cc1nc[n+](CCCS(=O)(=O)O)cn1. The number of hydrogen-bond acceptors (Lipinski definition) is 4. The first-order chi connectivity index (χ1) is 6.47. The van der Waals surface area contributed by atoms with Crippen LogP contribution in [0.5, 0.6) is 0 Å².